The molecule has 2 heterocycles. The highest BCUT2D eigenvalue weighted by Gasteiger charge is 2.23. The fourth-order valence-electron chi connectivity index (χ4n) is 3.01. The highest BCUT2D eigenvalue weighted by Crippen LogP contribution is 2.30. The van der Waals surface area contributed by atoms with E-state index in [2.05, 4.69) is 48.4 Å². The summed E-state index contributed by atoms with van der Waals surface area (Å²) in [6, 6.07) is 4.35. The van der Waals surface area contributed by atoms with Crippen LogP contribution in [0, 0.1) is 13.8 Å². The molecule has 0 bridgehead atoms. The van der Waals surface area contributed by atoms with Crippen molar-refractivity contribution in [2.24, 2.45) is 0 Å². The number of unbranched alkanes of at least 4 members (excludes halogenated alkanes) is 1. The van der Waals surface area contributed by atoms with E-state index in [0.717, 1.165) is 61.3 Å². The highest BCUT2D eigenvalue weighted by molar-refractivity contribution is 5.61. The van der Waals surface area contributed by atoms with Gasteiger partial charge >= 0.3 is 0 Å². The number of rotatable bonds is 6. The van der Waals surface area contributed by atoms with Gasteiger partial charge in [-0.3, -0.25) is 0 Å². The SMILES string of the molecule is CCCCOc1c(C)cc(-c2noc(C3CCCN3)n2)cc1C. The number of nitrogens with zero attached hydrogens (tertiary/aromatic N) is 2. The maximum Gasteiger partial charge on any atom is 0.244 e. The summed E-state index contributed by atoms with van der Waals surface area (Å²) in [7, 11) is 0. The maximum atomic E-state index is 5.91. The van der Waals surface area contributed by atoms with Crippen molar-refractivity contribution in [3.05, 3.63) is 29.2 Å². The van der Waals surface area contributed by atoms with Crippen LogP contribution in [0.3, 0.4) is 0 Å². The van der Waals surface area contributed by atoms with Crippen LogP contribution in [0.2, 0.25) is 0 Å². The van der Waals surface area contributed by atoms with Crippen molar-refractivity contribution in [2.75, 3.05) is 13.2 Å². The Morgan fingerprint density at radius 1 is 1.30 bits per heavy atom. The van der Waals surface area contributed by atoms with Crippen molar-refractivity contribution in [2.45, 2.75) is 52.5 Å². The monoisotopic (exact) mass is 315 g/mol. The predicted octanol–water partition coefficient (Wildman–Crippen LogP) is 3.96. The van der Waals surface area contributed by atoms with Crippen molar-refractivity contribution < 1.29 is 9.26 Å². The predicted molar refractivity (Wildman–Crippen MR) is 89.6 cm³/mol. The van der Waals surface area contributed by atoms with E-state index in [-0.39, 0.29) is 6.04 Å². The molecule has 1 saturated heterocycles. The van der Waals surface area contributed by atoms with Crippen LogP contribution in [0.5, 0.6) is 5.75 Å². The molecule has 0 saturated carbocycles. The number of benzene rings is 1. The van der Waals surface area contributed by atoms with E-state index in [1.54, 1.807) is 0 Å². The standard InChI is InChI=1S/C18H25N3O2/c1-4-5-9-22-16-12(2)10-14(11-13(16)3)17-20-18(23-21-17)15-7-6-8-19-15/h10-11,15,19H,4-9H2,1-3H3. The summed E-state index contributed by atoms with van der Waals surface area (Å²) < 4.78 is 11.3. The van der Waals surface area contributed by atoms with Gasteiger partial charge in [-0.1, -0.05) is 18.5 Å². The Morgan fingerprint density at radius 3 is 2.74 bits per heavy atom. The van der Waals surface area contributed by atoms with E-state index in [1.807, 2.05) is 0 Å². The molecular formula is C18H25N3O2. The molecular weight excluding hydrogens is 290 g/mol. The molecule has 0 amide bonds. The Kier molecular flexibility index (Phi) is 4.96. The molecule has 0 radical (unpaired) electrons. The minimum absolute atomic E-state index is 0.204. The Morgan fingerprint density at radius 2 is 2.09 bits per heavy atom. The molecule has 1 N–H and O–H groups in total. The first kappa shape index (κ1) is 16.0. The van der Waals surface area contributed by atoms with Crippen LogP contribution in [0.1, 0.15) is 55.7 Å². The first-order valence-corrected chi connectivity index (χ1v) is 8.50. The topological polar surface area (TPSA) is 60.2 Å². The molecule has 23 heavy (non-hydrogen) atoms. The third kappa shape index (κ3) is 3.55. The van der Waals surface area contributed by atoms with Crippen LogP contribution in [-0.4, -0.2) is 23.3 Å². The largest absolute Gasteiger partial charge is 0.493 e. The molecule has 1 aromatic heterocycles. The number of aryl methyl sites for hydroxylation is 2. The summed E-state index contributed by atoms with van der Waals surface area (Å²) in [5.41, 5.74) is 3.21. The molecule has 1 aliphatic rings. The van der Waals surface area contributed by atoms with Crippen LogP contribution in [-0.2, 0) is 0 Å². The van der Waals surface area contributed by atoms with Gasteiger partial charge in [0.25, 0.3) is 0 Å². The van der Waals surface area contributed by atoms with Crippen LogP contribution >= 0.6 is 0 Å². The minimum atomic E-state index is 0.204. The second-order valence-corrected chi connectivity index (χ2v) is 6.25. The lowest BCUT2D eigenvalue weighted by Gasteiger charge is -2.12. The number of hydrogen-bond donors (Lipinski definition) is 1. The zero-order valence-corrected chi connectivity index (χ0v) is 14.2. The molecule has 124 valence electrons. The van der Waals surface area contributed by atoms with Gasteiger partial charge in [-0.05, 0) is 62.9 Å². The van der Waals surface area contributed by atoms with E-state index >= 15 is 0 Å². The average molecular weight is 315 g/mol. The maximum absolute atomic E-state index is 5.91. The zero-order valence-electron chi connectivity index (χ0n) is 14.2. The van der Waals surface area contributed by atoms with Crippen molar-refractivity contribution in [1.82, 2.24) is 15.5 Å². The van der Waals surface area contributed by atoms with Crippen molar-refractivity contribution >= 4 is 0 Å². The molecule has 1 fully saturated rings. The fraction of sp³-hybridized carbons (Fsp3) is 0.556. The highest BCUT2D eigenvalue weighted by atomic mass is 16.5. The Balaban J connectivity index is 1.80. The molecule has 1 atom stereocenters. The summed E-state index contributed by atoms with van der Waals surface area (Å²) in [6.45, 7) is 8.08. The summed E-state index contributed by atoms with van der Waals surface area (Å²) in [6.07, 6.45) is 4.43. The van der Waals surface area contributed by atoms with E-state index in [4.69, 9.17) is 9.26 Å². The quantitative estimate of drug-likeness (QED) is 0.818. The lowest BCUT2D eigenvalue weighted by molar-refractivity contribution is 0.305. The third-order valence-corrected chi connectivity index (χ3v) is 4.26. The second kappa shape index (κ2) is 7.13. The summed E-state index contributed by atoms with van der Waals surface area (Å²) in [5.74, 6) is 2.32. The van der Waals surface area contributed by atoms with Gasteiger partial charge in [0.1, 0.15) is 5.75 Å². The molecule has 5 heteroatoms. The van der Waals surface area contributed by atoms with Crippen molar-refractivity contribution in [3.63, 3.8) is 0 Å². The van der Waals surface area contributed by atoms with E-state index in [0.29, 0.717) is 11.7 Å². The van der Waals surface area contributed by atoms with Crippen LogP contribution in [0.15, 0.2) is 16.7 Å². The van der Waals surface area contributed by atoms with Gasteiger partial charge in [0, 0.05) is 5.56 Å². The average Bonchev–Trinajstić information content (AvgIpc) is 3.20. The van der Waals surface area contributed by atoms with E-state index < -0.39 is 0 Å². The number of nitrogens with one attached hydrogen (secondary N) is 1. The lowest BCUT2D eigenvalue weighted by Crippen LogP contribution is -2.12. The third-order valence-electron chi connectivity index (χ3n) is 4.26. The van der Waals surface area contributed by atoms with Gasteiger partial charge in [0.2, 0.25) is 11.7 Å². The van der Waals surface area contributed by atoms with Gasteiger partial charge in [-0.15, -0.1) is 0 Å². The molecule has 0 aliphatic carbocycles. The smallest absolute Gasteiger partial charge is 0.244 e. The first-order chi connectivity index (χ1) is 11.2. The minimum Gasteiger partial charge on any atom is -0.493 e. The van der Waals surface area contributed by atoms with Crippen LogP contribution in [0.25, 0.3) is 11.4 Å². The van der Waals surface area contributed by atoms with Gasteiger partial charge < -0.3 is 14.6 Å². The van der Waals surface area contributed by atoms with Crippen LogP contribution in [0.4, 0.5) is 0 Å². The van der Waals surface area contributed by atoms with Crippen molar-refractivity contribution in [3.8, 4) is 17.1 Å². The number of aromatic nitrogens is 2. The lowest BCUT2D eigenvalue weighted by atomic mass is 10.1. The Labute approximate surface area is 137 Å². The molecule has 2 aromatic rings. The summed E-state index contributed by atoms with van der Waals surface area (Å²) in [5, 5.41) is 7.53. The number of hydrogen-bond acceptors (Lipinski definition) is 5. The summed E-state index contributed by atoms with van der Waals surface area (Å²) in [4.78, 5) is 4.57. The Bertz CT molecular complexity index is 637. The first-order valence-electron chi connectivity index (χ1n) is 8.50. The number of ether oxygens (including phenoxy) is 1. The molecule has 5 nitrogen and oxygen atoms in total. The zero-order chi connectivity index (χ0) is 16.2. The normalized spacial score (nSPS) is 17.6. The van der Waals surface area contributed by atoms with Gasteiger partial charge in [0.15, 0.2) is 0 Å². The van der Waals surface area contributed by atoms with E-state index in [1.165, 1.54) is 0 Å². The molecule has 3 rings (SSSR count). The van der Waals surface area contributed by atoms with Gasteiger partial charge in [0.05, 0.1) is 12.6 Å². The second-order valence-electron chi connectivity index (χ2n) is 6.25. The van der Waals surface area contributed by atoms with Gasteiger partial charge in [-0.25, -0.2) is 0 Å². The molecule has 1 aliphatic heterocycles. The van der Waals surface area contributed by atoms with Gasteiger partial charge in [-0.2, -0.15) is 4.98 Å². The fourth-order valence-corrected chi connectivity index (χ4v) is 3.01. The van der Waals surface area contributed by atoms with Crippen LogP contribution < -0.4 is 10.1 Å². The summed E-state index contributed by atoms with van der Waals surface area (Å²) >= 11 is 0. The Hall–Kier alpha value is -1.88. The van der Waals surface area contributed by atoms with Crippen molar-refractivity contribution in [1.29, 1.82) is 0 Å². The van der Waals surface area contributed by atoms with E-state index in [9.17, 15) is 0 Å². The molecule has 1 unspecified atom stereocenters. The molecule has 1 aromatic carbocycles. The molecule has 0 spiro atoms.